The average Bonchev–Trinajstić information content (AvgIpc) is 3.31. The van der Waals surface area contributed by atoms with Crippen molar-refractivity contribution in [1.82, 2.24) is 0 Å². The van der Waals surface area contributed by atoms with E-state index in [-0.39, 0.29) is 0 Å². The van der Waals surface area contributed by atoms with Gasteiger partial charge in [-0.15, -0.1) is 0 Å². The zero-order valence-corrected chi connectivity index (χ0v) is 39.2. The van der Waals surface area contributed by atoms with Crippen molar-refractivity contribution >= 4 is 35.7 Å². The lowest BCUT2D eigenvalue weighted by Gasteiger charge is -2.23. The molecular formula is C54H78N2O5. The first-order chi connectivity index (χ1) is 29.9. The zero-order chi connectivity index (χ0) is 44.2. The lowest BCUT2D eigenvalue weighted by atomic mass is 9.97. The van der Waals surface area contributed by atoms with Gasteiger partial charge in [0.2, 0.25) is 0 Å². The maximum atomic E-state index is 7.00. The molecule has 7 heteroatoms. The van der Waals surface area contributed by atoms with Gasteiger partial charge in [0, 0.05) is 62.2 Å². The third-order valence-electron chi connectivity index (χ3n) is 11.4. The Labute approximate surface area is 370 Å². The molecule has 334 valence electrons. The number of hydrogen-bond donors (Lipinski definition) is 1. The van der Waals surface area contributed by atoms with Gasteiger partial charge in [0.15, 0.2) is 0 Å². The smallest absolute Gasteiger partial charge is 0.126 e. The van der Waals surface area contributed by atoms with E-state index in [9.17, 15) is 0 Å². The van der Waals surface area contributed by atoms with Crippen LogP contribution >= 0.6 is 0 Å². The van der Waals surface area contributed by atoms with Crippen molar-refractivity contribution < 1.29 is 24.1 Å². The molecule has 0 atom stereocenters. The van der Waals surface area contributed by atoms with E-state index >= 15 is 0 Å². The van der Waals surface area contributed by atoms with Gasteiger partial charge in [-0.25, -0.2) is 0 Å². The minimum Gasteiger partial charge on any atom is -0.496 e. The maximum Gasteiger partial charge on any atom is 0.126 e. The highest BCUT2D eigenvalue weighted by atomic mass is 16.5. The number of benzene rings is 4. The Bertz CT molecular complexity index is 1670. The van der Waals surface area contributed by atoms with Crippen LogP contribution in [0.15, 0.2) is 72.8 Å². The molecule has 0 heterocycles. The number of ether oxygens (including phenoxy) is 4. The summed E-state index contributed by atoms with van der Waals surface area (Å²) in [7, 11) is 7.83. The van der Waals surface area contributed by atoms with E-state index in [1.807, 2.05) is 0 Å². The van der Waals surface area contributed by atoms with Crippen LogP contribution in [0.1, 0.15) is 138 Å². The van der Waals surface area contributed by atoms with Crippen LogP contribution < -0.4 is 28.7 Å². The Morgan fingerprint density at radius 2 is 0.705 bits per heavy atom. The van der Waals surface area contributed by atoms with Crippen molar-refractivity contribution in [2.24, 2.45) is 0 Å². The summed E-state index contributed by atoms with van der Waals surface area (Å²) in [5.74, 6) is 2.99. The lowest BCUT2D eigenvalue weighted by molar-refractivity contribution is 0.377. The number of aliphatic hydroxyl groups is 1. The molecule has 7 nitrogen and oxygen atoms in total. The summed E-state index contributed by atoms with van der Waals surface area (Å²) in [6.07, 6.45) is 24.8. The first kappa shape index (κ1) is 50.5. The quantitative estimate of drug-likeness (QED) is 0.0452. The van der Waals surface area contributed by atoms with Gasteiger partial charge >= 0.3 is 0 Å². The molecule has 0 bridgehead atoms. The minimum absolute atomic E-state index is 0.509. The number of rotatable bonds is 28. The molecule has 0 unspecified atom stereocenters. The SMILES string of the molecule is CCCCCCCCN(CC)c1ccc(/C=C/c2cc(OC)c(Cc3c(OC)cc(/C=C/c4ccc(N(CC)CCCCCCCC)cc4)cc3OC)c(OC)c2)cc1.CO. The van der Waals surface area contributed by atoms with Gasteiger partial charge < -0.3 is 33.9 Å². The van der Waals surface area contributed by atoms with E-state index in [1.54, 1.807) is 28.4 Å². The first-order valence-electron chi connectivity index (χ1n) is 22.9. The second-order valence-electron chi connectivity index (χ2n) is 15.5. The summed E-state index contributed by atoms with van der Waals surface area (Å²) in [4.78, 5) is 4.96. The van der Waals surface area contributed by atoms with E-state index in [4.69, 9.17) is 24.1 Å². The second-order valence-corrected chi connectivity index (χ2v) is 15.5. The Hall–Kier alpha value is -4.88. The zero-order valence-electron chi connectivity index (χ0n) is 39.2. The van der Waals surface area contributed by atoms with Gasteiger partial charge in [-0.2, -0.15) is 0 Å². The van der Waals surface area contributed by atoms with Crippen LogP contribution in [0, 0.1) is 0 Å². The number of hydrogen-bond acceptors (Lipinski definition) is 7. The van der Waals surface area contributed by atoms with Crippen LogP contribution in [0.3, 0.4) is 0 Å². The van der Waals surface area contributed by atoms with Crippen LogP contribution in [0.25, 0.3) is 24.3 Å². The number of nitrogens with zero attached hydrogens (tertiary/aromatic N) is 2. The highest BCUT2D eigenvalue weighted by molar-refractivity contribution is 5.75. The summed E-state index contributed by atoms with van der Waals surface area (Å²) in [5.41, 5.74) is 8.71. The van der Waals surface area contributed by atoms with Crippen molar-refractivity contribution in [2.45, 2.75) is 111 Å². The number of aliphatic hydroxyl groups excluding tert-OH is 1. The van der Waals surface area contributed by atoms with Gasteiger partial charge in [0.1, 0.15) is 23.0 Å². The van der Waals surface area contributed by atoms with Crippen molar-refractivity contribution in [3.63, 3.8) is 0 Å². The van der Waals surface area contributed by atoms with Crippen LogP contribution in [-0.2, 0) is 6.42 Å². The van der Waals surface area contributed by atoms with Gasteiger partial charge in [-0.05, 0) is 97.5 Å². The fourth-order valence-corrected chi connectivity index (χ4v) is 7.81. The molecule has 4 aromatic rings. The molecule has 0 fully saturated rings. The fraction of sp³-hybridized carbons (Fsp3) is 0.481. The average molecular weight is 835 g/mol. The first-order valence-corrected chi connectivity index (χ1v) is 22.9. The molecule has 0 aromatic heterocycles. The Kier molecular flexibility index (Phi) is 24.3. The van der Waals surface area contributed by atoms with Crippen LogP contribution in [-0.4, -0.2) is 66.8 Å². The Morgan fingerprint density at radius 1 is 0.410 bits per heavy atom. The second kappa shape index (κ2) is 29.4. The number of anilines is 2. The fourth-order valence-electron chi connectivity index (χ4n) is 7.81. The van der Waals surface area contributed by atoms with Crippen LogP contribution in [0.5, 0.6) is 23.0 Å². The van der Waals surface area contributed by atoms with Gasteiger partial charge in [0.25, 0.3) is 0 Å². The topological polar surface area (TPSA) is 63.6 Å². The van der Waals surface area contributed by atoms with E-state index in [0.29, 0.717) is 6.42 Å². The molecule has 0 aliphatic heterocycles. The highest BCUT2D eigenvalue weighted by Gasteiger charge is 2.19. The monoisotopic (exact) mass is 835 g/mol. The normalized spacial score (nSPS) is 11.1. The Morgan fingerprint density at radius 3 is 1.00 bits per heavy atom. The third kappa shape index (κ3) is 16.5. The van der Waals surface area contributed by atoms with Crippen molar-refractivity contribution in [1.29, 1.82) is 0 Å². The van der Waals surface area contributed by atoms with Crippen molar-refractivity contribution in [3.05, 3.63) is 106 Å². The summed E-state index contributed by atoms with van der Waals surface area (Å²) in [5, 5.41) is 7.00. The van der Waals surface area contributed by atoms with E-state index in [2.05, 4.69) is 135 Å². The molecule has 0 saturated carbocycles. The van der Waals surface area contributed by atoms with E-state index < -0.39 is 0 Å². The lowest BCUT2D eigenvalue weighted by Crippen LogP contribution is -2.23. The molecule has 0 spiro atoms. The molecule has 0 saturated heterocycles. The molecule has 0 aliphatic rings. The standard InChI is InChI=1S/C53H74N2O4.CH4O/c1-9-13-15-17-19-21-35-54(11-3)46-31-27-42(28-32-46)23-25-44-37-50(56-5)48(51(38-44)57-6)41-49-52(58-7)39-45(40-53(49)59-8)26-24-43-29-33-47(34-30-43)55(12-4)36-22-20-18-16-14-10-2;1-2/h23-34,37-40H,9-22,35-36,41H2,1-8H3;2H,1H3/b25-23+,26-24+;. The maximum absolute atomic E-state index is 7.00. The summed E-state index contributed by atoms with van der Waals surface area (Å²) >= 11 is 0. The summed E-state index contributed by atoms with van der Waals surface area (Å²) in [6.45, 7) is 13.3. The van der Waals surface area contributed by atoms with E-state index in [1.165, 1.54) is 88.4 Å². The van der Waals surface area contributed by atoms with Gasteiger partial charge in [-0.3, -0.25) is 0 Å². The predicted octanol–water partition coefficient (Wildman–Crippen LogP) is 13.6. The van der Waals surface area contributed by atoms with Crippen molar-refractivity contribution in [3.8, 4) is 23.0 Å². The predicted molar refractivity (Wildman–Crippen MR) is 263 cm³/mol. The molecular weight excluding hydrogens is 757 g/mol. The molecule has 0 amide bonds. The highest BCUT2D eigenvalue weighted by Crippen LogP contribution is 2.39. The molecule has 61 heavy (non-hydrogen) atoms. The number of unbranched alkanes of at least 4 members (excludes halogenated alkanes) is 10. The van der Waals surface area contributed by atoms with Crippen molar-refractivity contribution in [2.75, 3.05) is 71.5 Å². The molecule has 0 aliphatic carbocycles. The third-order valence-corrected chi connectivity index (χ3v) is 11.4. The molecule has 1 N–H and O–H groups in total. The summed E-state index contributed by atoms with van der Waals surface area (Å²) < 4.78 is 23.9. The van der Waals surface area contributed by atoms with Crippen LogP contribution in [0.2, 0.25) is 0 Å². The Balaban J connectivity index is 0.00000489. The number of methoxy groups -OCH3 is 4. The molecule has 4 aromatic carbocycles. The van der Waals surface area contributed by atoms with Gasteiger partial charge in [0.05, 0.1) is 28.4 Å². The molecule has 4 rings (SSSR count). The van der Waals surface area contributed by atoms with Crippen LogP contribution in [0.4, 0.5) is 11.4 Å². The minimum atomic E-state index is 0.509. The van der Waals surface area contributed by atoms with E-state index in [0.717, 1.165) is 89.7 Å². The van der Waals surface area contributed by atoms with Gasteiger partial charge in [-0.1, -0.05) is 127 Å². The molecule has 0 radical (unpaired) electrons. The largest absolute Gasteiger partial charge is 0.496 e. The summed E-state index contributed by atoms with van der Waals surface area (Å²) in [6, 6.07) is 26.0.